The summed E-state index contributed by atoms with van der Waals surface area (Å²) < 4.78 is 31.7. The van der Waals surface area contributed by atoms with E-state index in [9.17, 15) is 38.2 Å². The quantitative estimate of drug-likeness (QED) is 0.362. The maximum absolute atomic E-state index is 12.5. The number of carbonyl (C=O) groups is 2. The van der Waals surface area contributed by atoms with Crippen LogP contribution in [0.2, 0.25) is 0 Å². The number of methoxy groups -OCH3 is 1. The van der Waals surface area contributed by atoms with Gasteiger partial charge in [-0.2, -0.15) is 0 Å². The minimum atomic E-state index is -4.55. The average molecular weight is 418 g/mol. The van der Waals surface area contributed by atoms with Crippen LogP contribution in [0.1, 0.15) is 6.42 Å². The van der Waals surface area contributed by atoms with Gasteiger partial charge in [0, 0.05) is 18.7 Å². The third kappa shape index (κ3) is 4.15. The summed E-state index contributed by atoms with van der Waals surface area (Å²) in [4.78, 5) is 42.7. The van der Waals surface area contributed by atoms with Gasteiger partial charge in [-0.25, -0.2) is 22.7 Å². The zero-order valence-corrected chi connectivity index (χ0v) is 15.0. The summed E-state index contributed by atoms with van der Waals surface area (Å²) in [5.74, 6) is -0.884. The number of non-ortho nitro benzene ring substituents is 1. The van der Waals surface area contributed by atoms with Crippen LogP contribution in [0.25, 0.3) is 0 Å². The Morgan fingerprint density at radius 1 is 1.29 bits per heavy atom. The van der Waals surface area contributed by atoms with Crippen molar-refractivity contribution in [2.75, 3.05) is 13.7 Å². The smallest absolute Gasteiger partial charge is 0.408 e. The molecular weight excluding hydrogens is 404 g/mol. The van der Waals surface area contributed by atoms with Gasteiger partial charge in [0.15, 0.2) is 4.90 Å². The van der Waals surface area contributed by atoms with E-state index in [0.29, 0.717) is 17.0 Å². The van der Waals surface area contributed by atoms with E-state index >= 15 is 0 Å². The van der Waals surface area contributed by atoms with Crippen molar-refractivity contribution in [1.82, 2.24) is 9.62 Å². The molecular formula is C13H14N4O10S. The maximum Gasteiger partial charge on any atom is 0.408 e. The normalized spacial score (nSPS) is 19.2. The predicted molar refractivity (Wildman–Crippen MR) is 89.0 cm³/mol. The fourth-order valence-corrected chi connectivity index (χ4v) is 4.16. The first-order valence-electron chi connectivity index (χ1n) is 7.50. The molecule has 1 aliphatic heterocycles. The Morgan fingerprint density at radius 2 is 1.93 bits per heavy atom. The number of likely N-dealkylation sites (tertiary alicyclic amines) is 1. The van der Waals surface area contributed by atoms with Crippen LogP contribution in [-0.2, 0) is 19.6 Å². The summed E-state index contributed by atoms with van der Waals surface area (Å²) in [5.41, 5.74) is -1.69. The van der Waals surface area contributed by atoms with E-state index in [-0.39, 0.29) is 6.42 Å². The van der Waals surface area contributed by atoms with Crippen LogP contribution in [0.3, 0.4) is 0 Å². The molecule has 1 saturated heterocycles. The maximum atomic E-state index is 12.5. The molecule has 2 rings (SSSR count). The second-order valence-corrected chi connectivity index (χ2v) is 7.38. The van der Waals surface area contributed by atoms with Crippen molar-refractivity contribution in [3.8, 4) is 0 Å². The van der Waals surface area contributed by atoms with Crippen LogP contribution in [-0.4, -0.2) is 66.1 Å². The number of amides is 1. The Balaban J connectivity index is 2.34. The number of carboxylic acid groups (broad SMARTS) is 1. The first-order valence-corrected chi connectivity index (χ1v) is 8.98. The average Bonchev–Trinajstić information content (AvgIpc) is 3.03. The van der Waals surface area contributed by atoms with Gasteiger partial charge in [0.25, 0.3) is 11.4 Å². The number of carbonyl (C=O) groups excluding carboxylic acids is 1. The van der Waals surface area contributed by atoms with E-state index in [2.05, 4.69) is 9.46 Å². The van der Waals surface area contributed by atoms with Crippen LogP contribution in [0.15, 0.2) is 23.1 Å². The third-order valence-corrected chi connectivity index (χ3v) is 5.55. The van der Waals surface area contributed by atoms with Crippen LogP contribution in [0.5, 0.6) is 0 Å². The minimum absolute atomic E-state index is 0.251. The summed E-state index contributed by atoms with van der Waals surface area (Å²) in [7, 11) is -3.51. The summed E-state index contributed by atoms with van der Waals surface area (Å²) in [6.07, 6.45) is -1.72. The lowest BCUT2D eigenvalue weighted by Crippen LogP contribution is -2.41. The monoisotopic (exact) mass is 418 g/mol. The lowest BCUT2D eigenvalue weighted by molar-refractivity contribution is -0.396. The van der Waals surface area contributed by atoms with Crippen LogP contribution >= 0.6 is 0 Å². The Bertz CT molecular complexity index is 947. The number of hydrogen-bond acceptors (Lipinski definition) is 9. The number of hydrogen-bond donors (Lipinski definition) is 2. The second kappa shape index (κ2) is 7.73. The summed E-state index contributed by atoms with van der Waals surface area (Å²) in [6, 6.07) is -0.316. The fraction of sp³-hybridized carbons (Fsp3) is 0.385. The number of nitro benzene ring substituents is 2. The van der Waals surface area contributed by atoms with Crippen LogP contribution in [0.4, 0.5) is 16.2 Å². The zero-order valence-electron chi connectivity index (χ0n) is 14.2. The minimum Gasteiger partial charge on any atom is -0.467 e. The molecule has 15 heteroatoms. The third-order valence-electron chi connectivity index (χ3n) is 3.98. The molecule has 152 valence electrons. The highest BCUT2D eigenvalue weighted by Crippen LogP contribution is 2.29. The Labute approximate surface area is 157 Å². The van der Waals surface area contributed by atoms with Gasteiger partial charge in [0.05, 0.1) is 23.0 Å². The predicted octanol–water partition coefficient (Wildman–Crippen LogP) is 0.0752. The topological polar surface area (TPSA) is 199 Å². The van der Waals surface area contributed by atoms with Crippen molar-refractivity contribution in [3.05, 3.63) is 38.4 Å². The molecule has 0 bridgehead atoms. The molecule has 0 aromatic heterocycles. The Hall–Kier alpha value is -3.33. The highest BCUT2D eigenvalue weighted by molar-refractivity contribution is 7.89. The molecule has 0 saturated carbocycles. The number of nitro groups is 2. The molecule has 1 amide bonds. The number of ether oxygens (including phenoxy) is 1. The van der Waals surface area contributed by atoms with E-state index in [4.69, 9.17) is 5.11 Å². The van der Waals surface area contributed by atoms with Crippen molar-refractivity contribution in [2.45, 2.75) is 23.4 Å². The lowest BCUT2D eigenvalue weighted by Gasteiger charge is -2.18. The molecule has 1 fully saturated rings. The molecule has 2 N–H and O–H groups in total. The number of rotatable bonds is 6. The Morgan fingerprint density at radius 3 is 2.43 bits per heavy atom. The lowest BCUT2D eigenvalue weighted by atomic mass is 10.2. The van der Waals surface area contributed by atoms with Gasteiger partial charge >= 0.3 is 12.1 Å². The van der Waals surface area contributed by atoms with Gasteiger partial charge in [-0.15, -0.1) is 0 Å². The SMILES string of the molecule is COC(=O)[C@@H]1C[C@H](NS(=O)(=O)c2ccc([N+](=O)[O-])cc2[N+](=O)[O-])CN1C(=O)O. The zero-order chi connectivity index (χ0) is 21.2. The summed E-state index contributed by atoms with van der Waals surface area (Å²) >= 11 is 0. The van der Waals surface area contributed by atoms with E-state index in [1.54, 1.807) is 0 Å². The van der Waals surface area contributed by atoms with Gasteiger partial charge in [-0.3, -0.25) is 25.1 Å². The van der Waals surface area contributed by atoms with Gasteiger partial charge in [0.1, 0.15) is 6.04 Å². The van der Waals surface area contributed by atoms with Crippen molar-refractivity contribution in [1.29, 1.82) is 0 Å². The van der Waals surface area contributed by atoms with E-state index in [1.165, 1.54) is 0 Å². The van der Waals surface area contributed by atoms with Crippen molar-refractivity contribution in [3.63, 3.8) is 0 Å². The van der Waals surface area contributed by atoms with Crippen LogP contribution < -0.4 is 4.72 Å². The molecule has 0 aliphatic carbocycles. The molecule has 1 aromatic rings. The van der Waals surface area contributed by atoms with Crippen molar-refractivity contribution >= 4 is 33.5 Å². The fourth-order valence-electron chi connectivity index (χ4n) is 2.76. The largest absolute Gasteiger partial charge is 0.467 e. The molecule has 28 heavy (non-hydrogen) atoms. The highest BCUT2D eigenvalue weighted by Gasteiger charge is 2.42. The second-order valence-electron chi connectivity index (χ2n) is 5.69. The van der Waals surface area contributed by atoms with Crippen molar-refractivity contribution in [2.24, 2.45) is 0 Å². The number of esters is 1. The number of nitrogens with zero attached hydrogens (tertiary/aromatic N) is 3. The number of sulfonamides is 1. The van der Waals surface area contributed by atoms with Gasteiger partial charge in [0.2, 0.25) is 10.0 Å². The van der Waals surface area contributed by atoms with E-state index < -0.39 is 66.8 Å². The van der Waals surface area contributed by atoms with Crippen molar-refractivity contribution < 1.29 is 37.7 Å². The molecule has 1 aromatic carbocycles. The molecule has 1 heterocycles. The molecule has 2 atom stereocenters. The standard InChI is InChI=1S/C13H14N4O10S/c1-27-12(18)10-4-7(6-15(10)13(19)20)14-28(25,26)11-3-2-8(16(21)22)5-9(11)17(23)24/h2-3,5,7,10,14H,4,6H2,1H3,(H,19,20)/t7-,10-/m0/s1. The number of nitrogens with one attached hydrogen (secondary N) is 1. The van der Waals surface area contributed by atoms with Gasteiger partial charge < -0.3 is 9.84 Å². The van der Waals surface area contributed by atoms with Gasteiger partial charge in [-0.1, -0.05) is 0 Å². The van der Waals surface area contributed by atoms with E-state index in [1.807, 2.05) is 0 Å². The molecule has 0 unspecified atom stereocenters. The number of benzene rings is 1. The first kappa shape index (κ1) is 21.0. The highest BCUT2D eigenvalue weighted by atomic mass is 32.2. The molecule has 1 aliphatic rings. The van der Waals surface area contributed by atoms with Crippen LogP contribution in [0, 0.1) is 20.2 Å². The Kier molecular flexibility index (Phi) is 5.79. The molecule has 14 nitrogen and oxygen atoms in total. The summed E-state index contributed by atoms with van der Waals surface area (Å²) in [5, 5.41) is 31.1. The summed E-state index contributed by atoms with van der Waals surface area (Å²) in [6.45, 7) is -0.394. The first-order chi connectivity index (χ1) is 13.0. The van der Waals surface area contributed by atoms with E-state index in [0.717, 1.165) is 13.2 Å². The van der Waals surface area contributed by atoms with Gasteiger partial charge in [-0.05, 0) is 12.5 Å². The molecule has 0 spiro atoms. The molecule has 0 radical (unpaired) electrons.